The zero-order chi connectivity index (χ0) is 25.8. The molecule has 0 aliphatic carbocycles. The van der Waals surface area contributed by atoms with E-state index in [1.54, 1.807) is 12.1 Å². The van der Waals surface area contributed by atoms with Crippen molar-refractivity contribution in [1.29, 1.82) is 5.26 Å². The molecule has 0 saturated carbocycles. The van der Waals surface area contributed by atoms with Gasteiger partial charge in [-0.25, -0.2) is 0 Å². The van der Waals surface area contributed by atoms with Crippen LogP contribution in [0.2, 0.25) is 0 Å². The summed E-state index contributed by atoms with van der Waals surface area (Å²) in [5, 5.41) is 25.2. The van der Waals surface area contributed by atoms with Crippen molar-refractivity contribution in [3.8, 4) is 6.07 Å². The van der Waals surface area contributed by atoms with Crippen LogP contribution in [0, 0.1) is 11.3 Å². The molecule has 1 aromatic heterocycles. The van der Waals surface area contributed by atoms with Crippen molar-refractivity contribution in [3.05, 3.63) is 29.5 Å². The van der Waals surface area contributed by atoms with E-state index in [2.05, 4.69) is 25.5 Å². The van der Waals surface area contributed by atoms with Crippen molar-refractivity contribution in [1.82, 2.24) is 13.5 Å². The number of hydrogen-bond donors (Lipinski definition) is 1. The molecular formula is C22H32N8O3S. The van der Waals surface area contributed by atoms with Crippen LogP contribution in [0.5, 0.6) is 0 Å². The third kappa shape index (κ3) is 5.60. The zero-order valence-electron chi connectivity index (χ0n) is 20.9. The third-order valence-corrected chi connectivity index (χ3v) is 6.62. The van der Waals surface area contributed by atoms with E-state index >= 15 is 0 Å². The number of amides is 1. The molecule has 0 aliphatic rings. The number of benzene rings is 1. The summed E-state index contributed by atoms with van der Waals surface area (Å²) in [6.07, 6.45) is 0. The highest BCUT2D eigenvalue weighted by Crippen LogP contribution is 2.35. The summed E-state index contributed by atoms with van der Waals surface area (Å²) < 4.78 is 27.5. The van der Waals surface area contributed by atoms with E-state index in [0.29, 0.717) is 11.4 Å². The number of carbonyl (C=O) groups is 1. The summed E-state index contributed by atoms with van der Waals surface area (Å²) in [4.78, 5) is 13.9. The first-order valence-corrected chi connectivity index (χ1v) is 12.2. The number of hydrogen-bond acceptors (Lipinski definition) is 8. The van der Waals surface area contributed by atoms with E-state index in [1.807, 2.05) is 46.8 Å². The van der Waals surface area contributed by atoms with E-state index in [-0.39, 0.29) is 23.0 Å². The van der Waals surface area contributed by atoms with Crippen LogP contribution in [0.3, 0.4) is 0 Å². The van der Waals surface area contributed by atoms with E-state index in [9.17, 15) is 18.5 Å². The first kappa shape index (κ1) is 26.9. The number of rotatable bonds is 8. The summed E-state index contributed by atoms with van der Waals surface area (Å²) in [7, 11) is -1.35. The number of carbonyl (C=O) groups excluding carboxylic acids is 1. The minimum atomic E-state index is -4.08. The van der Waals surface area contributed by atoms with Gasteiger partial charge in [0, 0.05) is 45.2 Å². The zero-order valence-corrected chi connectivity index (χ0v) is 21.7. The maximum absolute atomic E-state index is 12.9. The van der Waals surface area contributed by atoms with Crippen LogP contribution in [0.4, 0.5) is 22.9 Å². The standard InChI is InChI=1S/C22H32N8O3S/c1-9-29(10-2)16-11-12-18(19(13-16)24-15(3)31)25-26-21-17(14-23)20(22(4,5)6)27-30(21)34(32,33)28(7)8/h11-13H,9-10H2,1-8H3,(H,24,31)/b26-25+. The Morgan fingerprint density at radius 2 is 1.82 bits per heavy atom. The van der Waals surface area contributed by atoms with Crippen LogP contribution in [0.25, 0.3) is 0 Å². The van der Waals surface area contributed by atoms with Crippen LogP contribution in [-0.2, 0) is 20.4 Å². The van der Waals surface area contributed by atoms with Crippen LogP contribution in [-0.4, -0.2) is 55.0 Å². The fourth-order valence-electron chi connectivity index (χ4n) is 3.21. The summed E-state index contributed by atoms with van der Waals surface area (Å²) in [6.45, 7) is 12.5. The lowest BCUT2D eigenvalue weighted by molar-refractivity contribution is -0.114. The Morgan fingerprint density at radius 3 is 2.29 bits per heavy atom. The molecule has 0 fully saturated rings. The van der Waals surface area contributed by atoms with Crippen LogP contribution < -0.4 is 10.2 Å². The van der Waals surface area contributed by atoms with Crippen molar-refractivity contribution in [2.45, 2.75) is 47.0 Å². The minimum absolute atomic E-state index is 0.0162. The van der Waals surface area contributed by atoms with Crippen molar-refractivity contribution >= 4 is 39.0 Å². The summed E-state index contributed by atoms with van der Waals surface area (Å²) >= 11 is 0. The topological polar surface area (TPSA) is 136 Å². The molecular weight excluding hydrogens is 456 g/mol. The maximum Gasteiger partial charge on any atom is 0.324 e. The molecule has 184 valence electrons. The van der Waals surface area contributed by atoms with Crippen molar-refractivity contribution in [3.63, 3.8) is 0 Å². The molecule has 11 nitrogen and oxygen atoms in total. The normalized spacial score (nSPS) is 12.2. The van der Waals surface area contributed by atoms with Gasteiger partial charge in [0.25, 0.3) is 0 Å². The van der Waals surface area contributed by atoms with E-state index < -0.39 is 15.6 Å². The van der Waals surface area contributed by atoms with E-state index in [0.717, 1.165) is 27.2 Å². The fourth-order valence-corrected chi connectivity index (χ4v) is 4.05. The Kier molecular flexibility index (Phi) is 8.18. The summed E-state index contributed by atoms with van der Waals surface area (Å²) in [6, 6.07) is 7.33. The lowest BCUT2D eigenvalue weighted by Crippen LogP contribution is -2.30. The van der Waals surface area contributed by atoms with Crippen LogP contribution in [0.15, 0.2) is 28.4 Å². The molecule has 0 aliphatic heterocycles. The predicted octanol–water partition coefficient (Wildman–Crippen LogP) is 3.93. The Bertz CT molecular complexity index is 1230. The van der Waals surface area contributed by atoms with Gasteiger partial charge in [0.2, 0.25) is 11.7 Å². The summed E-state index contributed by atoms with van der Waals surface area (Å²) in [5.41, 5.74) is 1.30. The number of nitrogens with one attached hydrogen (secondary N) is 1. The Labute approximate surface area is 201 Å². The molecule has 0 unspecified atom stereocenters. The average Bonchev–Trinajstić information content (AvgIpc) is 3.13. The van der Waals surface area contributed by atoms with Crippen molar-refractivity contribution in [2.24, 2.45) is 10.2 Å². The highest BCUT2D eigenvalue weighted by molar-refractivity contribution is 7.87. The first-order valence-electron chi connectivity index (χ1n) is 10.8. The minimum Gasteiger partial charge on any atom is -0.372 e. The van der Waals surface area contributed by atoms with Gasteiger partial charge in [0.1, 0.15) is 17.3 Å². The molecule has 0 spiro atoms. The van der Waals surface area contributed by atoms with Crippen molar-refractivity contribution < 1.29 is 13.2 Å². The molecule has 1 N–H and O–H groups in total. The monoisotopic (exact) mass is 488 g/mol. The van der Waals surface area contributed by atoms with Gasteiger partial charge in [-0.15, -0.1) is 14.3 Å². The Balaban J connectivity index is 2.74. The van der Waals surface area contributed by atoms with E-state index in [1.165, 1.54) is 21.0 Å². The molecule has 0 saturated heterocycles. The second-order valence-electron chi connectivity index (χ2n) is 8.80. The lowest BCUT2D eigenvalue weighted by atomic mass is 9.90. The quantitative estimate of drug-likeness (QED) is 0.559. The van der Waals surface area contributed by atoms with Gasteiger partial charge in [-0.3, -0.25) is 4.79 Å². The second kappa shape index (κ2) is 10.3. The Hall–Kier alpha value is -3.30. The molecule has 1 amide bonds. The molecule has 1 aromatic carbocycles. The number of nitriles is 1. The second-order valence-corrected chi connectivity index (χ2v) is 10.8. The fraction of sp³-hybridized carbons (Fsp3) is 0.500. The highest BCUT2D eigenvalue weighted by atomic mass is 32.2. The maximum atomic E-state index is 12.9. The average molecular weight is 489 g/mol. The number of nitrogens with zero attached hydrogens (tertiary/aromatic N) is 7. The molecule has 0 radical (unpaired) electrons. The molecule has 1 heterocycles. The predicted molar refractivity (Wildman–Crippen MR) is 132 cm³/mol. The number of aromatic nitrogens is 2. The molecule has 2 aromatic rings. The van der Waals surface area contributed by atoms with Crippen LogP contribution in [0.1, 0.15) is 52.8 Å². The highest BCUT2D eigenvalue weighted by Gasteiger charge is 2.32. The SMILES string of the molecule is CCN(CC)c1ccc(/N=N/c2c(C#N)c(C(C)(C)C)nn2S(=O)(=O)N(C)C)c(NC(C)=O)c1. The molecule has 0 bridgehead atoms. The van der Waals surface area contributed by atoms with Gasteiger partial charge in [0.15, 0.2) is 0 Å². The molecule has 0 atom stereocenters. The largest absolute Gasteiger partial charge is 0.372 e. The van der Waals surface area contributed by atoms with Crippen molar-refractivity contribution in [2.75, 3.05) is 37.4 Å². The molecule has 34 heavy (non-hydrogen) atoms. The number of anilines is 2. The molecule has 12 heteroatoms. The lowest BCUT2D eigenvalue weighted by Gasteiger charge is -2.22. The van der Waals surface area contributed by atoms with Gasteiger partial charge >= 0.3 is 10.2 Å². The number of azo groups is 1. The molecule has 2 rings (SSSR count). The van der Waals surface area contributed by atoms with Gasteiger partial charge in [-0.05, 0) is 32.0 Å². The van der Waals surface area contributed by atoms with E-state index in [4.69, 9.17) is 0 Å². The van der Waals surface area contributed by atoms with Crippen LogP contribution >= 0.6 is 0 Å². The van der Waals surface area contributed by atoms with Gasteiger partial charge in [0.05, 0.1) is 11.4 Å². The van der Waals surface area contributed by atoms with Gasteiger partial charge in [-0.2, -0.15) is 23.1 Å². The Morgan fingerprint density at radius 1 is 1.21 bits per heavy atom. The summed E-state index contributed by atoms with van der Waals surface area (Å²) in [5.74, 6) is -0.496. The smallest absolute Gasteiger partial charge is 0.324 e. The van der Waals surface area contributed by atoms with Gasteiger partial charge in [-0.1, -0.05) is 20.8 Å². The van der Waals surface area contributed by atoms with Gasteiger partial charge < -0.3 is 10.2 Å². The first-order chi connectivity index (χ1) is 15.8. The third-order valence-electron chi connectivity index (χ3n) is 5.01.